The Kier molecular flexibility index (Phi) is 4.92. The number of alkyl halides is 3. The number of benzene rings is 1. The average molecular weight is 380 g/mol. The van der Waals surface area contributed by atoms with Crippen LogP contribution in [0.25, 0.3) is 11.4 Å². The zero-order chi connectivity index (χ0) is 19.4. The number of aromatic nitrogens is 4. The number of carboxylic acids is 1. The van der Waals surface area contributed by atoms with Crippen LogP contribution in [0.5, 0.6) is 11.6 Å². The van der Waals surface area contributed by atoms with Gasteiger partial charge in [-0.1, -0.05) is 0 Å². The van der Waals surface area contributed by atoms with Gasteiger partial charge in [0, 0.05) is 17.8 Å². The van der Waals surface area contributed by atoms with E-state index in [2.05, 4.69) is 24.9 Å². The molecule has 8 nitrogen and oxygen atoms in total. The summed E-state index contributed by atoms with van der Waals surface area (Å²) in [5.41, 5.74) is 0.512. The predicted molar refractivity (Wildman–Crippen MR) is 84.0 cm³/mol. The number of halogens is 3. The lowest BCUT2D eigenvalue weighted by molar-refractivity contribution is -0.274. The highest BCUT2D eigenvalue weighted by Gasteiger charge is 2.31. The zero-order valence-electron chi connectivity index (χ0n) is 13.4. The molecule has 0 aliphatic rings. The topological polar surface area (TPSA) is 110 Å². The smallest absolute Gasteiger partial charge is 0.478 e. The van der Waals surface area contributed by atoms with E-state index in [1.165, 1.54) is 24.3 Å². The van der Waals surface area contributed by atoms with Crippen molar-refractivity contribution in [3.8, 4) is 23.0 Å². The number of aromatic amines is 1. The normalized spacial score (nSPS) is 11.2. The van der Waals surface area contributed by atoms with E-state index >= 15 is 0 Å². The van der Waals surface area contributed by atoms with Crippen molar-refractivity contribution >= 4 is 5.97 Å². The van der Waals surface area contributed by atoms with E-state index in [4.69, 9.17) is 9.84 Å². The molecule has 2 aromatic heterocycles. The van der Waals surface area contributed by atoms with Crippen molar-refractivity contribution in [1.29, 1.82) is 0 Å². The zero-order valence-corrected chi connectivity index (χ0v) is 13.4. The van der Waals surface area contributed by atoms with E-state index in [9.17, 15) is 18.0 Å². The summed E-state index contributed by atoms with van der Waals surface area (Å²) in [5.74, 6) is -0.625. The van der Waals surface area contributed by atoms with Crippen LogP contribution in [-0.4, -0.2) is 37.6 Å². The van der Waals surface area contributed by atoms with E-state index in [0.717, 1.165) is 18.3 Å². The van der Waals surface area contributed by atoms with Gasteiger partial charge in [-0.2, -0.15) is 5.10 Å². The van der Waals surface area contributed by atoms with Crippen LogP contribution >= 0.6 is 0 Å². The summed E-state index contributed by atoms with van der Waals surface area (Å²) >= 11 is 0. The van der Waals surface area contributed by atoms with Gasteiger partial charge in [-0.05, 0) is 30.3 Å². The van der Waals surface area contributed by atoms with E-state index < -0.39 is 12.3 Å². The fourth-order valence-electron chi connectivity index (χ4n) is 2.03. The molecule has 2 N–H and O–H groups in total. The Morgan fingerprint density at radius 1 is 1.15 bits per heavy atom. The summed E-state index contributed by atoms with van der Waals surface area (Å²) < 4.78 is 45.6. The number of ether oxygens (including phenoxy) is 2. The number of nitrogens with zero attached hydrogens (tertiary/aromatic N) is 3. The average Bonchev–Trinajstić information content (AvgIpc) is 3.08. The van der Waals surface area contributed by atoms with Crippen LogP contribution in [0, 0.1) is 0 Å². The summed E-state index contributed by atoms with van der Waals surface area (Å²) in [6, 6.07) is 7.84. The van der Waals surface area contributed by atoms with E-state index in [0.29, 0.717) is 11.4 Å². The first-order valence-electron chi connectivity index (χ1n) is 7.40. The molecule has 27 heavy (non-hydrogen) atoms. The van der Waals surface area contributed by atoms with Crippen molar-refractivity contribution in [2.24, 2.45) is 0 Å². The van der Waals surface area contributed by atoms with Crippen molar-refractivity contribution in [3.63, 3.8) is 0 Å². The van der Waals surface area contributed by atoms with E-state index in [1.807, 2.05) is 0 Å². The van der Waals surface area contributed by atoms with Gasteiger partial charge < -0.3 is 14.6 Å². The summed E-state index contributed by atoms with van der Waals surface area (Å²) in [6.07, 6.45) is -3.60. The minimum absolute atomic E-state index is 0.0122. The standard InChI is InChI=1S/C16H11F3N4O4/c17-16(18,19)27-11-4-1-9(2-5-11)14-21-12(22-23-14)8-26-13-6-3-10(7-20-13)15(24)25/h1-7H,8H2,(H,24,25)(H,21,22,23). The first-order chi connectivity index (χ1) is 12.8. The number of aromatic carboxylic acids is 1. The third-order valence-electron chi connectivity index (χ3n) is 3.22. The molecule has 0 radical (unpaired) electrons. The maximum absolute atomic E-state index is 12.2. The molecule has 0 saturated carbocycles. The molecule has 3 aromatic rings. The van der Waals surface area contributed by atoms with Crippen LogP contribution in [-0.2, 0) is 6.61 Å². The van der Waals surface area contributed by atoms with Crippen molar-refractivity contribution in [2.75, 3.05) is 0 Å². The number of carboxylic acid groups (broad SMARTS) is 1. The van der Waals surface area contributed by atoms with Gasteiger partial charge in [0.1, 0.15) is 12.4 Å². The van der Waals surface area contributed by atoms with Crippen LogP contribution in [0.15, 0.2) is 42.6 Å². The number of H-pyrrole nitrogens is 1. The lowest BCUT2D eigenvalue weighted by atomic mass is 10.2. The third-order valence-corrected chi connectivity index (χ3v) is 3.22. The van der Waals surface area contributed by atoms with Gasteiger partial charge in [-0.3, -0.25) is 5.10 Å². The highest BCUT2D eigenvalue weighted by molar-refractivity contribution is 5.87. The van der Waals surface area contributed by atoms with E-state index in [-0.39, 0.29) is 29.6 Å². The van der Waals surface area contributed by atoms with Gasteiger partial charge in [0.25, 0.3) is 0 Å². The number of rotatable bonds is 6. The van der Waals surface area contributed by atoms with Crippen LogP contribution in [0.2, 0.25) is 0 Å². The van der Waals surface area contributed by atoms with Gasteiger partial charge >= 0.3 is 12.3 Å². The first kappa shape index (κ1) is 18.2. The molecule has 1 aromatic carbocycles. The summed E-state index contributed by atoms with van der Waals surface area (Å²) in [4.78, 5) is 18.8. The largest absolute Gasteiger partial charge is 0.573 e. The highest BCUT2D eigenvalue weighted by Crippen LogP contribution is 2.25. The molecular formula is C16H11F3N4O4. The fraction of sp³-hybridized carbons (Fsp3) is 0.125. The molecule has 0 saturated heterocycles. The van der Waals surface area contributed by atoms with Crippen LogP contribution in [0.4, 0.5) is 13.2 Å². The number of carbonyl (C=O) groups is 1. The van der Waals surface area contributed by atoms with Crippen molar-refractivity contribution in [3.05, 3.63) is 54.0 Å². The number of pyridine rings is 1. The molecule has 0 aliphatic heterocycles. The second-order valence-corrected chi connectivity index (χ2v) is 5.16. The summed E-state index contributed by atoms with van der Waals surface area (Å²) in [5, 5.41) is 15.4. The van der Waals surface area contributed by atoms with Crippen LogP contribution < -0.4 is 9.47 Å². The molecule has 0 fully saturated rings. The Labute approximate surface area is 149 Å². The molecule has 3 rings (SSSR count). The Balaban J connectivity index is 1.62. The monoisotopic (exact) mass is 380 g/mol. The molecule has 0 aliphatic carbocycles. The van der Waals surface area contributed by atoms with Crippen LogP contribution in [0.3, 0.4) is 0 Å². The van der Waals surface area contributed by atoms with Crippen LogP contribution in [0.1, 0.15) is 16.2 Å². The minimum atomic E-state index is -4.76. The highest BCUT2D eigenvalue weighted by atomic mass is 19.4. The van der Waals surface area contributed by atoms with Crippen molar-refractivity contribution < 1.29 is 32.5 Å². The predicted octanol–water partition coefficient (Wildman–Crippen LogP) is 3.04. The molecule has 0 spiro atoms. The molecule has 0 bridgehead atoms. The quantitative estimate of drug-likeness (QED) is 0.676. The van der Waals surface area contributed by atoms with Gasteiger partial charge in [0.05, 0.1) is 5.56 Å². The lowest BCUT2D eigenvalue weighted by Gasteiger charge is -2.08. The molecule has 140 valence electrons. The molecule has 11 heteroatoms. The second-order valence-electron chi connectivity index (χ2n) is 5.16. The Bertz CT molecular complexity index is 924. The van der Waals surface area contributed by atoms with Crippen molar-refractivity contribution in [1.82, 2.24) is 20.2 Å². The lowest BCUT2D eigenvalue weighted by Crippen LogP contribution is -2.16. The number of hydrogen-bond donors (Lipinski definition) is 2. The van der Waals surface area contributed by atoms with E-state index in [1.54, 1.807) is 0 Å². The first-order valence-corrected chi connectivity index (χ1v) is 7.40. The van der Waals surface area contributed by atoms with Gasteiger partial charge in [-0.25, -0.2) is 14.8 Å². The van der Waals surface area contributed by atoms with Gasteiger partial charge in [0.15, 0.2) is 11.6 Å². The van der Waals surface area contributed by atoms with Gasteiger partial charge in [0.2, 0.25) is 5.88 Å². The number of hydrogen-bond acceptors (Lipinski definition) is 6. The second kappa shape index (κ2) is 7.32. The summed E-state index contributed by atoms with van der Waals surface area (Å²) in [6.45, 7) is -0.0122. The SMILES string of the molecule is O=C(O)c1ccc(OCc2nc(-c3ccc(OC(F)(F)F)cc3)n[nH]2)nc1. The number of nitrogens with one attached hydrogen (secondary N) is 1. The summed E-state index contributed by atoms with van der Waals surface area (Å²) in [7, 11) is 0. The molecule has 0 unspecified atom stereocenters. The Morgan fingerprint density at radius 3 is 2.48 bits per heavy atom. The van der Waals surface area contributed by atoms with Gasteiger partial charge in [-0.15, -0.1) is 13.2 Å². The molecular weight excluding hydrogens is 369 g/mol. The maximum atomic E-state index is 12.2. The fourth-order valence-corrected chi connectivity index (χ4v) is 2.03. The molecule has 2 heterocycles. The third kappa shape index (κ3) is 4.93. The Morgan fingerprint density at radius 2 is 1.89 bits per heavy atom. The van der Waals surface area contributed by atoms with Crippen molar-refractivity contribution in [2.45, 2.75) is 13.0 Å². The minimum Gasteiger partial charge on any atom is -0.478 e. The Hall–Kier alpha value is -3.63. The molecule has 0 amide bonds. The maximum Gasteiger partial charge on any atom is 0.573 e. The molecule has 0 atom stereocenters.